The van der Waals surface area contributed by atoms with E-state index in [9.17, 15) is 14.3 Å². The molecule has 0 spiro atoms. The third-order valence-corrected chi connectivity index (χ3v) is 6.42. The number of nitrogens with zero attached hydrogens (tertiary/aromatic N) is 4. The fourth-order valence-electron chi connectivity index (χ4n) is 3.86. The van der Waals surface area contributed by atoms with E-state index in [1.807, 2.05) is 22.9 Å². The van der Waals surface area contributed by atoms with Gasteiger partial charge in [-0.15, -0.1) is 0 Å². The molecule has 1 aromatic carbocycles. The van der Waals surface area contributed by atoms with Crippen LogP contribution in [-0.2, 0) is 6.54 Å². The molecule has 0 radical (unpaired) electrons. The van der Waals surface area contributed by atoms with Crippen molar-refractivity contribution in [2.75, 3.05) is 5.32 Å². The third-order valence-electron chi connectivity index (χ3n) is 5.74. The fraction of sp³-hybridized carbons (Fsp3) is 0.167. The molecule has 0 atom stereocenters. The molecule has 0 amide bonds. The van der Waals surface area contributed by atoms with Gasteiger partial charge >= 0.3 is 5.69 Å². The minimum Gasteiger partial charge on any atom is -0.493 e. The molecule has 4 heterocycles. The van der Waals surface area contributed by atoms with Gasteiger partial charge in [-0.25, -0.2) is 14.2 Å². The van der Waals surface area contributed by atoms with Crippen molar-refractivity contribution >= 4 is 28.9 Å². The summed E-state index contributed by atoms with van der Waals surface area (Å²) in [4.78, 5) is 25.8. The minimum atomic E-state index is -0.509. The van der Waals surface area contributed by atoms with Crippen molar-refractivity contribution < 1.29 is 9.50 Å². The lowest BCUT2D eigenvalue weighted by atomic mass is 10.0. The number of fused-ring (bicyclic) bond motifs is 1. The molecule has 0 aliphatic heterocycles. The predicted octanol–water partition coefficient (Wildman–Crippen LogP) is 2.54. The number of halogens is 1. The maximum atomic E-state index is 14.0. The number of nitrogens with one attached hydrogen (secondary N) is 3. The highest BCUT2D eigenvalue weighted by molar-refractivity contribution is 7.08. The summed E-state index contributed by atoms with van der Waals surface area (Å²) in [6.45, 7) is 0.427. The number of anilines is 1. The van der Waals surface area contributed by atoms with E-state index in [1.54, 1.807) is 34.2 Å². The number of aromatic nitrogens is 5. The summed E-state index contributed by atoms with van der Waals surface area (Å²) in [5.41, 5.74) is 3.63. The normalized spacial score (nSPS) is 14.8. The molecule has 1 aliphatic carbocycles. The van der Waals surface area contributed by atoms with Crippen LogP contribution in [0.15, 0.2) is 57.1 Å². The molecule has 5 aromatic rings. The maximum absolute atomic E-state index is 14.0. The average Bonchev–Trinajstić information content (AvgIpc) is 3.19. The van der Waals surface area contributed by atoms with Gasteiger partial charge < -0.3 is 15.4 Å². The molecule has 4 aromatic heterocycles. The second-order valence-electron chi connectivity index (χ2n) is 8.35. The molecule has 11 heteroatoms. The largest absolute Gasteiger partial charge is 0.493 e. The summed E-state index contributed by atoms with van der Waals surface area (Å²) in [5, 5.41) is 22.3. The predicted molar refractivity (Wildman–Crippen MR) is 130 cm³/mol. The van der Waals surface area contributed by atoms with E-state index in [0.717, 1.165) is 29.5 Å². The molecule has 1 aliphatic rings. The van der Waals surface area contributed by atoms with Crippen LogP contribution in [-0.4, -0.2) is 35.7 Å². The van der Waals surface area contributed by atoms with Crippen LogP contribution >= 0.6 is 11.3 Å². The molecular formula is C24H20FN7O2S. The number of H-pyrrole nitrogens is 2. The lowest BCUT2D eigenvalue weighted by Gasteiger charge is -2.11. The Balaban J connectivity index is 1.41. The van der Waals surface area contributed by atoms with Gasteiger partial charge in [0.05, 0.1) is 12.2 Å². The molecule has 9 nitrogen and oxygen atoms in total. The van der Waals surface area contributed by atoms with E-state index in [1.165, 1.54) is 12.1 Å². The Bertz CT molecular complexity index is 1710. The Labute approximate surface area is 201 Å². The van der Waals surface area contributed by atoms with Crippen molar-refractivity contribution in [3.63, 3.8) is 0 Å². The van der Waals surface area contributed by atoms with Crippen LogP contribution in [0.25, 0.3) is 22.9 Å². The maximum Gasteiger partial charge on any atom is 0.326 e. The summed E-state index contributed by atoms with van der Waals surface area (Å²) < 4.78 is 15.6. The molecule has 6 rings (SSSR count). The molecule has 4 N–H and O–H groups in total. The van der Waals surface area contributed by atoms with Gasteiger partial charge in [0.1, 0.15) is 17.3 Å². The van der Waals surface area contributed by atoms with Crippen molar-refractivity contribution in [3.05, 3.63) is 85.6 Å². The molecular weight excluding hydrogens is 469 g/mol. The van der Waals surface area contributed by atoms with Gasteiger partial charge in [0.15, 0.2) is 11.1 Å². The van der Waals surface area contributed by atoms with E-state index in [0.29, 0.717) is 28.7 Å². The summed E-state index contributed by atoms with van der Waals surface area (Å²) >= 11 is 1.56. The summed E-state index contributed by atoms with van der Waals surface area (Å²) in [7, 11) is 0. The first-order valence-corrected chi connectivity index (χ1v) is 12.0. The lowest BCUT2D eigenvalue weighted by molar-refractivity contribution is 0.454. The van der Waals surface area contributed by atoms with Gasteiger partial charge in [0.25, 0.3) is 0 Å². The Morgan fingerprint density at radius 1 is 1.29 bits per heavy atom. The zero-order valence-electron chi connectivity index (χ0n) is 18.3. The van der Waals surface area contributed by atoms with E-state index < -0.39 is 5.69 Å². The third kappa shape index (κ3) is 4.33. The van der Waals surface area contributed by atoms with Crippen molar-refractivity contribution in [1.29, 1.82) is 0 Å². The topological polar surface area (TPSA) is 123 Å². The zero-order valence-corrected chi connectivity index (χ0v) is 19.1. The van der Waals surface area contributed by atoms with Gasteiger partial charge in [0.2, 0.25) is 5.88 Å². The van der Waals surface area contributed by atoms with Gasteiger partial charge in [-0.1, -0.05) is 6.07 Å². The number of hydrogen-bond acceptors (Lipinski definition) is 7. The number of hydrogen-bond donors (Lipinski definition) is 4. The molecule has 176 valence electrons. The fourth-order valence-corrected chi connectivity index (χ4v) is 4.52. The van der Waals surface area contributed by atoms with Crippen LogP contribution in [0, 0.1) is 5.82 Å². The van der Waals surface area contributed by atoms with E-state index in [2.05, 4.69) is 20.4 Å². The molecule has 0 unspecified atom stereocenters. The summed E-state index contributed by atoms with van der Waals surface area (Å²) in [6, 6.07) is 8.83. The van der Waals surface area contributed by atoms with Crippen molar-refractivity contribution in [1.82, 2.24) is 24.6 Å². The van der Waals surface area contributed by atoms with Crippen LogP contribution in [0.4, 0.5) is 10.2 Å². The van der Waals surface area contributed by atoms with Crippen LogP contribution in [0.5, 0.6) is 5.88 Å². The Hall–Kier alpha value is -4.25. The molecule has 1 fully saturated rings. The van der Waals surface area contributed by atoms with Crippen molar-refractivity contribution in [3.8, 4) is 17.0 Å². The standard InChI is InChI=1S/C24H20FN7O2S/c25-16-2-1-13(18(8-16)14-5-6-35-12-14)10-26-20-9-21(28-17-3-4-17)32-22(30-20)15(11-27-32)7-19-23(33)31-24(34)29-19/h1-2,5-9,11-12,17,26,33H,3-4,10H2,(H2,29,31,34)/b15-7-,28-21?. The first-order valence-electron chi connectivity index (χ1n) is 11.0. The second kappa shape index (κ2) is 8.51. The molecule has 0 bridgehead atoms. The van der Waals surface area contributed by atoms with Crippen LogP contribution < -0.4 is 21.7 Å². The number of thiophene rings is 1. The van der Waals surface area contributed by atoms with Gasteiger partial charge in [-0.3, -0.25) is 9.98 Å². The number of aromatic amines is 2. The molecule has 1 saturated carbocycles. The minimum absolute atomic E-state index is 0.234. The first-order chi connectivity index (χ1) is 17.0. The van der Waals surface area contributed by atoms with Gasteiger partial charge in [0, 0.05) is 17.8 Å². The number of benzene rings is 1. The quantitative estimate of drug-likeness (QED) is 0.292. The molecule has 35 heavy (non-hydrogen) atoms. The Kier molecular flexibility index (Phi) is 5.18. The van der Waals surface area contributed by atoms with Gasteiger partial charge in [-0.05, 0) is 64.6 Å². The van der Waals surface area contributed by atoms with E-state index >= 15 is 0 Å². The highest BCUT2D eigenvalue weighted by Crippen LogP contribution is 2.27. The van der Waals surface area contributed by atoms with Crippen LogP contribution in [0.2, 0.25) is 0 Å². The van der Waals surface area contributed by atoms with Crippen LogP contribution in [0.3, 0.4) is 0 Å². The average molecular weight is 490 g/mol. The van der Waals surface area contributed by atoms with Crippen molar-refractivity contribution in [2.45, 2.75) is 25.4 Å². The van der Waals surface area contributed by atoms with Crippen molar-refractivity contribution in [2.24, 2.45) is 4.99 Å². The highest BCUT2D eigenvalue weighted by Gasteiger charge is 2.20. The summed E-state index contributed by atoms with van der Waals surface area (Å²) in [5.74, 6) is 0.0359. The Morgan fingerprint density at radius 2 is 2.17 bits per heavy atom. The lowest BCUT2D eigenvalue weighted by Crippen LogP contribution is -2.20. The Morgan fingerprint density at radius 3 is 2.91 bits per heavy atom. The monoisotopic (exact) mass is 489 g/mol. The van der Waals surface area contributed by atoms with E-state index in [4.69, 9.17) is 9.98 Å². The SMILES string of the molecule is O=c1[nH]c(O)c(/C=c2/cnn3c(=NC4CC4)cc(NCc4ccc(F)cc4-c4ccsc4)nc23)[nH]1. The van der Waals surface area contributed by atoms with E-state index in [-0.39, 0.29) is 23.4 Å². The van der Waals surface area contributed by atoms with Crippen LogP contribution in [0.1, 0.15) is 24.1 Å². The second-order valence-corrected chi connectivity index (χ2v) is 9.13. The first kappa shape index (κ1) is 21.3. The number of aromatic hydroxyl groups is 1. The summed E-state index contributed by atoms with van der Waals surface area (Å²) in [6.07, 6.45) is 5.27. The smallest absolute Gasteiger partial charge is 0.326 e. The highest BCUT2D eigenvalue weighted by atomic mass is 32.1. The van der Waals surface area contributed by atoms with Gasteiger partial charge in [-0.2, -0.15) is 21.0 Å². The number of rotatable bonds is 6. The zero-order chi connectivity index (χ0) is 23.9. The number of imidazole rings is 1. The molecule has 0 saturated heterocycles.